The average molecular weight is 273 g/mol. The van der Waals surface area contributed by atoms with Gasteiger partial charge >= 0.3 is 5.97 Å². The summed E-state index contributed by atoms with van der Waals surface area (Å²) in [6, 6.07) is 7.15. The molecule has 0 fully saturated rings. The van der Waals surface area contributed by atoms with Crippen molar-refractivity contribution in [1.29, 1.82) is 0 Å². The summed E-state index contributed by atoms with van der Waals surface area (Å²) in [7, 11) is 0. The second-order valence-corrected chi connectivity index (χ2v) is 5.16. The Morgan fingerprint density at radius 3 is 2.50 bits per heavy atom. The average Bonchev–Trinajstić information content (AvgIpc) is 2.42. The number of carbonyl (C=O) groups is 1. The van der Waals surface area contributed by atoms with Crippen LogP contribution in [0.5, 0.6) is 0 Å². The third-order valence-electron chi connectivity index (χ3n) is 3.05. The SMILES string of the molecule is CCOC(=O)c1cn(CC(C)C)c(=O)c2ccccc12. The Balaban J connectivity index is 2.69. The highest BCUT2D eigenvalue weighted by molar-refractivity contribution is 6.03. The minimum atomic E-state index is -0.388. The molecule has 0 N–H and O–H groups in total. The van der Waals surface area contributed by atoms with Gasteiger partial charge in [0.2, 0.25) is 0 Å². The van der Waals surface area contributed by atoms with Crippen molar-refractivity contribution in [2.45, 2.75) is 27.3 Å². The zero-order valence-electron chi connectivity index (χ0n) is 12.1. The zero-order valence-corrected chi connectivity index (χ0v) is 12.1. The Kier molecular flexibility index (Phi) is 4.23. The number of aromatic nitrogens is 1. The predicted octanol–water partition coefficient (Wildman–Crippen LogP) is 2.83. The molecule has 0 spiro atoms. The fourth-order valence-corrected chi connectivity index (χ4v) is 2.24. The van der Waals surface area contributed by atoms with Crippen molar-refractivity contribution in [3.8, 4) is 0 Å². The van der Waals surface area contributed by atoms with Gasteiger partial charge in [0.15, 0.2) is 0 Å². The lowest BCUT2D eigenvalue weighted by atomic mass is 10.1. The van der Waals surface area contributed by atoms with Crippen LogP contribution in [0.1, 0.15) is 31.1 Å². The van der Waals surface area contributed by atoms with Crippen LogP contribution >= 0.6 is 0 Å². The van der Waals surface area contributed by atoms with Crippen molar-refractivity contribution in [2.75, 3.05) is 6.61 Å². The molecular weight excluding hydrogens is 254 g/mol. The van der Waals surface area contributed by atoms with Crippen LogP contribution in [0.15, 0.2) is 35.3 Å². The number of fused-ring (bicyclic) bond motifs is 1. The third kappa shape index (κ3) is 2.74. The van der Waals surface area contributed by atoms with Gasteiger partial charge in [-0.15, -0.1) is 0 Å². The summed E-state index contributed by atoms with van der Waals surface area (Å²) in [5.74, 6) is -0.0647. The topological polar surface area (TPSA) is 48.3 Å². The van der Waals surface area contributed by atoms with E-state index in [0.29, 0.717) is 35.4 Å². The minimum Gasteiger partial charge on any atom is -0.462 e. The molecule has 2 aromatic rings. The van der Waals surface area contributed by atoms with E-state index < -0.39 is 0 Å². The van der Waals surface area contributed by atoms with E-state index in [0.717, 1.165) is 0 Å². The molecule has 106 valence electrons. The first-order chi connectivity index (χ1) is 9.54. The molecule has 20 heavy (non-hydrogen) atoms. The fraction of sp³-hybridized carbons (Fsp3) is 0.375. The second-order valence-electron chi connectivity index (χ2n) is 5.16. The van der Waals surface area contributed by atoms with E-state index in [1.165, 1.54) is 0 Å². The Bertz CT molecular complexity index is 686. The maximum absolute atomic E-state index is 12.4. The molecule has 0 aliphatic rings. The van der Waals surface area contributed by atoms with Crippen LogP contribution in [0.4, 0.5) is 0 Å². The molecule has 4 nitrogen and oxygen atoms in total. The van der Waals surface area contributed by atoms with Crippen LogP contribution in [0.2, 0.25) is 0 Å². The fourth-order valence-electron chi connectivity index (χ4n) is 2.24. The first-order valence-corrected chi connectivity index (χ1v) is 6.84. The van der Waals surface area contributed by atoms with Crippen molar-refractivity contribution < 1.29 is 9.53 Å². The Labute approximate surface area is 118 Å². The molecule has 0 radical (unpaired) electrons. The van der Waals surface area contributed by atoms with Gasteiger partial charge in [-0.2, -0.15) is 0 Å². The quantitative estimate of drug-likeness (QED) is 0.805. The molecule has 1 aromatic heterocycles. The predicted molar refractivity (Wildman–Crippen MR) is 79.0 cm³/mol. The number of hydrogen-bond acceptors (Lipinski definition) is 3. The molecule has 1 aromatic carbocycles. The van der Waals surface area contributed by atoms with Gasteiger partial charge in [0.05, 0.1) is 12.2 Å². The van der Waals surface area contributed by atoms with E-state index in [4.69, 9.17) is 4.74 Å². The van der Waals surface area contributed by atoms with Crippen LogP contribution in [-0.4, -0.2) is 17.1 Å². The molecule has 1 heterocycles. The van der Waals surface area contributed by atoms with Gasteiger partial charge in [-0.05, 0) is 18.9 Å². The summed E-state index contributed by atoms with van der Waals surface area (Å²) in [5.41, 5.74) is 0.380. The molecule has 0 aliphatic heterocycles. The smallest absolute Gasteiger partial charge is 0.340 e. The van der Waals surface area contributed by atoms with Gasteiger partial charge in [0.25, 0.3) is 5.56 Å². The van der Waals surface area contributed by atoms with Crippen molar-refractivity contribution in [1.82, 2.24) is 4.57 Å². The molecule has 0 saturated carbocycles. The summed E-state index contributed by atoms with van der Waals surface area (Å²) >= 11 is 0. The number of carbonyl (C=O) groups excluding carboxylic acids is 1. The number of nitrogens with zero attached hydrogens (tertiary/aromatic N) is 1. The Hall–Kier alpha value is -2.10. The second kappa shape index (κ2) is 5.90. The van der Waals surface area contributed by atoms with E-state index in [-0.39, 0.29) is 11.5 Å². The monoisotopic (exact) mass is 273 g/mol. The van der Waals surface area contributed by atoms with Crippen LogP contribution in [0.25, 0.3) is 10.8 Å². The van der Waals surface area contributed by atoms with E-state index in [2.05, 4.69) is 0 Å². The van der Waals surface area contributed by atoms with E-state index in [1.807, 2.05) is 19.9 Å². The van der Waals surface area contributed by atoms with Crippen LogP contribution in [0, 0.1) is 5.92 Å². The molecule has 2 rings (SSSR count). The van der Waals surface area contributed by atoms with Gasteiger partial charge < -0.3 is 9.30 Å². The summed E-state index contributed by atoms with van der Waals surface area (Å²) in [4.78, 5) is 24.5. The molecular formula is C16H19NO3. The number of rotatable bonds is 4. The third-order valence-corrected chi connectivity index (χ3v) is 3.05. The number of pyridine rings is 1. The van der Waals surface area contributed by atoms with Crippen molar-refractivity contribution in [2.24, 2.45) is 5.92 Å². The lowest BCUT2D eigenvalue weighted by molar-refractivity contribution is 0.0527. The molecule has 4 heteroatoms. The highest BCUT2D eigenvalue weighted by atomic mass is 16.5. The molecule has 0 atom stereocenters. The van der Waals surface area contributed by atoms with Gasteiger partial charge in [-0.3, -0.25) is 4.79 Å². The van der Waals surface area contributed by atoms with Crippen LogP contribution in [0.3, 0.4) is 0 Å². The molecule has 0 unspecified atom stereocenters. The number of hydrogen-bond donors (Lipinski definition) is 0. The normalized spacial score (nSPS) is 11.0. The highest BCUT2D eigenvalue weighted by Crippen LogP contribution is 2.17. The van der Waals surface area contributed by atoms with Gasteiger partial charge in [-0.25, -0.2) is 4.79 Å². The van der Waals surface area contributed by atoms with Gasteiger partial charge in [0.1, 0.15) is 0 Å². The lowest BCUT2D eigenvalue weighted by Gasteiger charge is -2.13. The first kappa shape index (κ1) is 14.3. The lowest BCUT2D eigenvalue weighted by Crippen LogP contribution is -2.24. The van der Waals surface area contributed by atoms with Gasteiger partial charge in [-0.1, -0.05) is 32.0 Å². The Morgan fingerprint density at radius 1 is 1.25 bits per heavy atom. The maximum atomic E-state index is 12.4. The van der Waals surface area contributed by atoms with Crippen molar-refractivity contribution >= 4 is 16.7 Å². The van der Waals surface area contributed by atoms with Crippen molar-refractivity contribution in [3.05, 3.63) is 46.4 Å². The van der Waals surface area contributed by atoms with Crippen molar-refractivity contribution in [3.63, 3.8) is 0 Å². The molecule has 0 amide bonds. The minimum absolute atomic E-state index is 0.0673. The van der Waals surface area contributed by atoms with E-state index in [9.17, 15) is 9.59 Å². The van der Waals surface area contributed by atoms with Crippen LogP contribution in [-0.2, 0) is 11.3 Å². The first-order valence-electron chi connectivity index (χ1n) is 6.84. The summed E-state index contributed by atoms with van der Waals surface area (Å²) in [5, 5.41) is 1.20. The Morgan fingerprint density at radius 2 is 1.90 bits per heavy atom. The number of esters is 1. The highest BCUT2D eigenvalue weighted by Gasteiger charge is 2.15. The molecule has 0 bridgehead atoms. The molecule has 0 saturated heterocycles. The standard InChI is InChI=1S/C16H19NO3/c1-4-20-16(19)14-10-17(9-11(2)3)15(18)13-8-6-5-7-12(13)14/h5-8,10-11H,4,9H2,1-3H3. The largest absolute Gasteiger partial charge is 0.462 e. The summed E-state index contributed by atoms with van der Waals surface area (Å²) < 4.78 is 6.68. The summed E-state index contributed by atoms with van der Waals surface area (Å²) in [6.45, 7) is 6.73. The number of benzene rings is 1. The molecule has 0 aliphatic carbocycles. The van der Waals surface area contributed by atoms with E-state index in [1.54, 1.807) is 35.9 Å². The zero-order chi connectivity index (χ0) is 14.7. The maximum Gasteiger partial charge on any atom is 0.340 e. The van der Waals surface area contributed by atoms with E-state index >= 15 is 0 Å². The van der Waals surface area contributed by atoms with Crippen LogP contribution < -0.4 is 5.56 Å². The number of ether oxygens (including phenoxy) is 1. The van der Waals surface area contributed by atoms with Gasteiger partial charge in [0, 0.05) is 23.5 Å². The summed E-state index contributed by atoms with van der Waals surface area (Å²) in [6.07, 6.45) is 1.61.